The molecular formula is C15H24N2O4S. The van der Waals surface area contributed by atoms with Crippen molar-refractivity contribution in [3.8, 4) is 0 Å². The average Bonchev–Trinajstić information content (AvgIpc) is 2.68. The maximum Gasteiger partial charge on any atom is 0.352 e. The molecule has 0 atom stereocenters. The van der Waals surface area contributed by atoms with Gasteiger partial charge in [0.1, 0.15) is 6.54 Å². The summed E-state index contributed by atoms with van der Waals surface area (Å²) in [6.45, 7) is 9.40. The van der Waals surface area contributed by atoms with Gasteiger partial charge in [0.2, 0.25) is 5.91 Å². The van der Waals surface area contributed by atoms with Gasteiger partial charge in [-0.1, -0.05) is 27.4 Å². The Labute approximate surface area is 135 Å². The van der Waals surface area contributed by atoms with E-state index in [4.69, 9.17) is 4.84 Å². The number of carbonyl (C=O) groups is 3. The van der Waals surface area contributed by atoms with E-state index < -0.39 is 5.97 Å². The molecule has 6 nitrogen and oxygen atoms in total. The van der Waals surface area contributed by atoms with E-state index in [2.05, 4.69) is 6.58 Å². The van der Waals surface area contributed by atoms with Crippen molar-refractivity contribution < 1.29 is 19.2 Å². The third-order valence-corrected chi connectivity index (χ3v) is 3.54. The predicted octanol–water partition coefficient (Wildman–Crippen LogP) is 2.17. The zero-order chi connectivity index (χ0) is 16.9. The Kier molecular flexibility index (Phi) is 6.47. The van der Waals surface area contributed by atoms with Gasteiger partial charge in [0, 0.05) is 12.8 Å². The number of allylic oxidation sites excluding steroid dienone is 1. The average molecular weight is 328 g/mol. The molecule has 1 heterocycles. The van der Waals surface area contributed by atoms with Crippen LogP contribution in [0.25, 0.3) is 0 Å². The molecular weight excluding hydrogens is 304 g/mol. The highest BCUT2D eigenvalue weighted by Crippen LogP contribution is 2.22. The molecule has 1 fully saturated rings. The van der Waals surface area contributed by atoms with Gasteiger partial charge in [0.05, 0.1) is 11.6 Å². The summed E-state index contributed by atoms with van der Waals surface area (Å²) in [5.41, 5.74) is 0.312. The fraction of sp³-hybridized carbons (Fsp3) is 0.667. The van der Waals surface area contributed by atoms with Crippen molar-refractivity contribution in [3.63, 3.8) is 0 Å². The standard InChI is InChI=1S/C15H24N2O4S/c1-11-6-7-12(18)17(11)21-14(20)9-16(10-22-5)13(19)8-15(2,3)4/h1,6-10H2,2-5H3. The van der Waals surface area contributed by atoms with Crippen LogP contribution >= 0.6 is 11.8 Å². The smallest absolute Gasteiger partial charge is 0.331 e. The van der Waals surface area contributed by atoms with Crippen LogP contribution in [0.5, 0.6) is 0 Å². The molecule has 0 bridgehead atoms. The number of carbonyl (C=O) groups excluding carboxylic acids is 3. The van der Waals surface area contributed by atoms with E-state index in [-0.39, 0.29) is 23.8 Å². The lowest BCUT2D eigenvalue weighted by Crippen LogP contribution is -2.40. The first kappa shape index (κ1) is 18.5. The number of rotatable bonds is 6. The second kappa shape index (κ2) is 7.67. The quantitative estimate of drug-likeness (QED) is 0.699. The third-order valence-electron chi connectivity index (χ3n) is 2.97. The van der Waals surface area contributed by atoms with E-state index in [1.54, 1.807) is 0 Å². The van der Waals surface area contributed by atoms with E-state index in [9.17, 15) is 14.4 Å². The molecule has 0 radical (unpaired) electrons. The molecule has 0 spiro atoms. The lowest BCUT2D eigenvalue weighted by molar-refractivity contribution is -0.187. The molecule has 1 rings (SSSR count). The maximum absolute atomic E-state index is 12.3. The molecule has 124 valence electrons. The van der Waals surface area contributed by atoms with Crippen molar-refractivity contribution in [2.24, 2.45) is 5.41 Å². The van der Waals surface area contributed by atoms with Gasteiger partial charge in [-0.25, -0.2) is 4.79 Å². The highest BCUT2D eigenvalue weighted by atomic mass is 32.2. The number of hydrogen-bond donors (Lipinski definition) is 0. The second-order valence-corrected chi connectivity index (χ2v) is 7.30. The van der Waals surface area contributed by atoms with Crippen molar-refractivity contribution in [2.45, 2.75) is 40.0 Å². The van der Waals surface area contributed by atoms with Gasteiger partial charge in [0.25, 0.3) is 5.91 Å². The van der Waals surface area contributed by atoms with Crippen molar-refractivity contribution in [1.82, 2.24) is 9.96 Å². The zero-order valence-corrected chi connectivity index (χ0v) is 14.5. The Morgan fingerprint density at radius 3 is 2.45 bits per heavy atom. The Bertz CT molecular complexity index is 455. The van der Waals surface area contributed by atoms with E-state index in [0.717, 1.165) is 5.06 Å². The van der Waals surface area contributed by atoms with Crippen molar-refractivity contribution in [3.05, 3.63) is 12.3 Å². The Morgan fingerprint density at radius 1 is 1.36 bits per heavy atom. The summed E-state index contributed by atoms with van der Waals surface area (Å²) in [4.78, 5) is 42.3. The number of nitrogens with zero attached hydrogens (tertiary/aromatic N) is 2. The predicted molar refractivity (Wildman–Crippen MR) is 85.5 cm³/mol. The van der Waals surface area contributed by atoms with Crippen LogP contribution in [-0.2, 0) is 19.2 Å². The third kappa shape index (κ3) is 5.71. The molecule has 0 aromatic carbocycles. The van der Waals surface area contributed by atoms with Crippen LogP contribution < -0.4 is 0 Å². The minimum atomic E-state index is -0.632. The van der Waals surface area contributed by atoms with Gasteiger partial charge in [0.15, 0.2) is 0 Å². The fourth-order valence-corrected chi connectivity index (χ4v) is 2.51. The zero-order valence-electron chi connectivity index (χ0n) is 13.7. The number of hydroxylamine groups is 2. The van der Waals surface area contributed by atoms with Gasteiger partial charge in [-0.2, -0.15) is 0 Å². The van der Waals surface area contributed by atoms with E-state index >= 15 is 0 Å². The van der Waals surface area contributed by atoms with Crippen LogP contribution in [0.4, 0.5) is 0 Å². The Balaban J connectivity index is 2.62. The molecule has 0 aromatic rings. The van der Waals surface area contributed by atoms with E-state index in [1.807, 2.05) is 27.0 Å². The lowest BCUT2D eigenvalue weighted by atomic mass is 9.92. The lowest BCUT2D eigenvalue weighted by Gasteiger charge is -2.26. The summed E-state index contributed by atoms with van der Waals surface area (Å²) in [6, 6.07) is 0. The minimum absolute atomic E-state index is 0.106. The first-order chi connectivity index (χ1) is 10.1. The van der Waals surface area contributed by atoms with Gasteiger partial charge in [-0.15, -0.1) is 16.8 Å². The minimum Gasteiger partial charge on any atom is -0.331 e. The monoisotopic (exact) mass is 328 g/mol. The molecule has 7 heteroatoms. The molecule has 0 aromatic heterocycles. The molecule has 22 heavy (non-hydrogen) atoms. The SMILES string of the molecule is C=C1CCC(=O)N1OC(=O)CN(CSC)C(=O)CC(C)(C)C. The van der Waals surface area contributed by atoms with Crippen LogP contribution in [0.15, 0.2) is 12.3 Å². The maximum atomic E-state index is 12.3. The van der Waals surface area contributed by atoms with Crippen LogP contribution in [0.1, 0.15) is 40.0 Å². The summed E-state index contributed by atoms with van der Waals surface area (Å²) in [6.07, 6.45) is 2.98. The summed E-state index contributed by atoms with van der Waals surface area (Å²) in [7, 11) is 0. The molecule has 0 N–H and O–H groups in total. The number of thioether (sulfide) groups is 1. The molecule has 1 aliphatic heterocycles. The number of amides is 2. The largest absolute Gasteiger partial charge is 0.352 e. The van der Waals surface area contributed by atoms with Gasteiger partial charge >= 0.3 is 5.97 Å². The van der Waals surface area contributed by atoms with Crippen molar-refractivity contribution in [2.75, 3.05) is 18.7 Å². The Hall–Kier alpha value is -1.50. The van der Waals surface area contributed by atoms with Crippen LogP contribution in [0.2, 0.25) is 0 Å². The van der Waals surface area contributed by atoms with E-state index in [1.165, 1.54) is 16.7 Å². The Morgan fingerprint density at radius 2 is 2.00 bits per heavy atom. The normalized spacial score (nSPS) is 15.2. The topological polar surface area (TPSA) is 66.9 Å². The summed E-state index contributed by atoms with van der Waals surface area (Å²) in [5, 5.41) is 0.938. The van der Waals surface area contributed by atoms with E-state index in [0.29, 0.717) is 30.8 Å². The summed E-state index contributed by atoms with van der Waals surface area (Å²) in [5.74, 6) is -0.618. The fourth-order valence-electron chi connectivity index (χ4n) is 1.96. The summed E-state index contributed by atoms with van der Waals surface area (Å²) >= 11 is 1.45. The first-order valence-corrected chi connectivity index (χ1v) is 8.51. The second-order valence-electron chi connectivity index (χ2n) is 6.46. The molecule has 0 unspecified atom stereocenters. The van der Waals surface area contributed by atoms with Gasteiger partial charge in [-0.3, -0.25) is 9.59 Å². The van der Waals surface area contributed by atoms with Crippen LogP contribution in [0.3, 0.4) is 0 Å². The van der Waals surface area contributed by atoms with Crippen molar-refractivity contribution in [1.29, 1.82) is 0 Å². The summed E-state index contributed by atoms with van der Waals surface area (Å²) < 4.78 is 0. The molecule has 0 saturated carbocycles. The molecule has 0 aliphatic carbocycles. The molecule has 1 aliphatic rings. The number of hydrogen-bond acceptors (Lipinski definition) is 5. The highest BCUT2D eigenvalue weighted by Gasteiger charge is 2.30. The van der Waals surface area contributed by atoms with Crippen LogP contribution in [0, 0.1) is 5.41 Å². The van der Waals surface area contributed by atoms with Gasteiger partial charge in [-0.05, 0) is 18.1 Å². The van der Waals surface area contributed by atoms with Crippen molar-refractivity contribution >= 4 is 29.5 Å². The van der Waals surface area contributed by atoms with Crippen LogP contribution in [-0.4, -0.2) is 46.4 Å². The first-order valence-electron chi connectivity index (χ1n) is 7.12. The highest BCUT2D eigenvalue weighted by molar-refractivity contribution is 7.98. The van der Waals surface area contributed by atoms with Gasteiger partial charge < -0.3 is 9.74 Å². The molecule has 2 amide bonds. The molecule has 1 saturated heterocycles.